The lowest BCUT2D eigenvalue weighted by atomic mass is 9.94. The molecule has 3 aromatic rings. The van der Waals surface area contributed by atoms with Crippen molar-refractivity contribution in [2.45, 2.75) is 38.8 Å². The highest BCUT2D eigenvalue weighted by Gasteiger charge is 2.37. The second kappa shape index (κ2) is 9.63. The van der Waals surface area contributed by atoms with Gasteiger partial charge in [0.2, 0.25) is 0 Å². The van der Waals surface area contributed by atoms with Crippen molar-refractivity contribution in [1.29, 1.82) is 0 Å². The van der Waals surface area contributed by atoms with Crippen molar-refractivity contribution >= 4 is 46.0 Å². The minimum absolute atomic E-state index is 0.00832. The summed E-state index contributed by atoms with van der Waals surface area (Å²) in [7, 11) is 1.76. The topological polar surface area (TPSA) is 62.5 Å². The van der Waals surface area contributed by atoms with Gasteiger partial charge in [-0.2, -0.15) is 0 Å². The van der Waals surface area contributed by atoms with Gasteiger partial charge < -0.3 is 14.6 Å². The number of carboxylic acids is 1. The van der Waals surface area contributed by atoms with E-state index in [0.29, 0.717) is 21.7 Å². The minimum Gasteiger partial charge on any atom is -0.481 e. The number of rotatable bonds is 5. The molecule has 36 heavy (non-hydrogen) atoms. The maximum atomic E-state index is 14.4. The van der Waals surface area contributed by atoms with Crippen LogP contribution in [0.15, 0.2) is 30.3 Å². The summed E-state index contributed by atoms with van der Waals surface area (Å²) in [5.74, 6) is -5.86. The summed E-state index contributed by atoms with van der Waals surface area (Å²) in [5.41, 5.74) is 2.63. The zero-order valence-corrected chi connectivity index (χ0v) is 21.4. The fourth-order valence-electron chi connectivity index (χ4n) is 4.73. The Hall–Kier alpha value is -2.71. The highest BCUT2D eigenvalue weighted by Crippen LogP contribution is 2.36. The molecule has 4 rings (SSSR count). The summed E-state index contributed by atoms with van der Waals surface area (Å²) < 4.78 is 44.1. The molecule has 0 aliphatic carbocycles. The Morgan fingerprint density at radius 2 is 1.89 bits per heavy atom. The number of carboxylic acid groups (broad SMARTS) is 1. The highest BCUT2D eigenvalue weighted by atomic mass is 35.5. The average Bonchev–Trinajstić information content (AvgIpc) is 3.11. The number of likely N-dealkylation sites (tertiary alicyclic amines) is 1. The van der Waals surface area contributed by atoms with Crippen molar-refractivity contribution in [2.24, 2.45) is 13.0 Å². The molecular weight excluding hydrogens is 516 g/mol. The van der Waals surface area contributed by atoms with Crippen molar-refractivity contribution in [3.05, 3.63) is 68.3 Å². The third kappa shape index (κ3) is 4.81. The van der Waals surface area contributed by atoms with Gasteiger partial charge in [-0.15, -0.1) is 0 Å². The first kappa shape index (κ1) is 26.4. The molecule has 5 nitrogen and oxygen atoms in total. The first-order valence-corrected chi connectivity index (χ1v) is 12.2. The number of aromatic nitrogens is 1. The molecule has 0 spiro atoms. The van der Waals surface area contributed by atoms with E-state index in [4.69, 9.17) is 28.3 Å². The quantitative estimate of drug-likeness (QED) is 0.408. The van der Waals surface area contributed by atoms with E-state index in [-0.39, 0.29) is 42.1 Å². The number of fused-ring (bicyclic) bond motifs is 1. The lowest BCUT2D eigenvalue weighted by Crippen LogP contribution is -2.47. The monoisotopic (exact) mass is 540 g/mol. The largest absolute Gasteiger partial charge is 0.481 e. The van der Waals surface area contributed by atoms with Crippen LogP contribution in [0.2, 0.25) is 10.0 Å². The number of aliphatic carboxylic acids is 1. The molecule has 1 N–H and O–H groups in total. The molecule has 1 fully saturated rings. The number of carbonyl (C=O) groups is 2. The molecule has 1 amide bonds. The van der Waals surface area contributed by atoms with Gasteiger partial charge in [0.15, 0.2) is 0 Å². The number of aryl methyl sites for hydroxylation is 2. The average molecular weight is 541 g/mol. The van der Waals surface area contributed by atoms with Gasteiger partial charge in [-0.1, -0.05) is 23.2 Å². The summed E-state index contributed by atoms with van der Waals surface area (Å²) in [5, 5.41) is 10.4. The van der Waals surface area contributed by atoms with Crippen LogP contribution in [0.5, 0.6) is 0 Å². The number of piperidine rings is 1. The zero-order chi connectivity index (χ0) is 26.5. The fourth-order valence-corrected chi connectivity index (χ4v) is 5.32. The molecule has 2 atom stereocenters. The normalized spacial score (nSPS) is 18.6. The highest BCUT2D eigenvalue weighted by molar-refractivity contribution is 6.38. The van der Waals surface area contributed by atoms with Gasteiger partial charge in [-0.3, -0.25) is 9.59 Å². The lowest BCUT2D eigenvalue weighted by Gasteiger charge is -2.33. The van der Waals surface area contributed by atoms with E-state index < -0.39 is 29.9 Å². The number of nitrogens with zero attached hydrogens (tertiary/aromatic N) is 2. The second-order valence-corrected chi connectivity index (χ2v) is 10.2. The van der Waals surface area contributed by atoms with Crippen LogP contribution in [0.4, 0.5) is 13.2 Å². The van der Waals surface area contributed by atoms with Crippen LogP contribution in [-0.2, 0) is 24.2 Å². The molecule has 1 aliphatic rings. The van der Waals surface area contributed by atoms with Crippen molar-refractivity contribution in [3.63, 3.8) is 0 Å². The Labute approximate surface area is 216 Å². The molecule has 2 unspecified atom stereocenters. The van der Waals surface area contributed by atoms with E-state index in [1.54, 1.807) is 18.5 Å². The van der Waals surface area contributed by atoms with Crippen LogP contribution in [0, 0.1) is 12.8 Å². The van der Waals surface area contributed by atoms with Crippen LogP contribution in [-0.4, -0.2) is 45.7 Å². The number of carbonyl (C=O) groups excluding carboxylic acids is 1. The summed E-state index contributed by atoms with van der Waals surface area (Å²) in [6, 6.07) is 7.82. The smallest absolute Gasteiger partial charge is 0.309 e. The maximum Gasteiger partial charge on any atom is 0.309 e. The van der Waals surface area contributed by atoms with Crippen molar-refractivity contribution in [3.8, 4) is 0 Å². The van der Waals surface area contributed by atoms with Crippen LogP contribution < -0.4 is 0 Å². The van der Waals surface area contributed by atoms with E-state index in [1.807, 2.05) is 6.07 Å². The van der Waals surface area contributed by atoms with Gasteiger partial charge in [0, 0.05) is 54.1 Å². The molecule has 1 saturated heterocycles. The van der Waals surface area contributed by atoms with Crippen molar-refractivity contribution < 1.29 is 27.9 Å². The first-order chi connectivity index (χ1) is 16.8. The van der Waals surface area contributed by atoms with Crippen molar-refractivity contribution in [1.82, 2.24) is 9.47 Å². The summed E-state index contributed by atoms with van der Waals surface area (Å²) in [6.45, 7) is 2.38. The maximum absolute atomic E-state index is 14.4. The predicted molar refractivity (Wildman–Crippen MR) is 133 cm³/mol. The standard InChI is InChI=1S/C26H25Cl2F3N2O3/c1-13-8-14(26(2,30)31)9-22-18(13)10-15(32(22)3)11-19-20(27)5-4-17(23(19)28)24(34)33-7-6-16(25(35)36)21(29)12-33/h4-5,8-10,16,21H,6-7,11-12H2,1-3H3,(H,35,36). The third-order valence-corrected chi connectivity index (χ3v) is 7.68. The molecular formula is C26H25Cl2F3N2O3. The van der Waals surface area contributed by atoms with Crippen molar-refractivity contribution in [2.75, 3.05) is 13.1 Å². The number of hydrogen-bond donors (Lipinski definition) is 1. The molecule has 2 heterocycles. The van der Waals surface area contributed by atoms with Gasteiger partial charge in [-0.25, -0.2) is 13.2 Å². The molecule has 0 saturated carbocycles. The minimum atomic E-state index is -2.98. The van der Waals surface area contributed by atoms with Gasteiger partial charge in [-0.05, 0) is 54.8 Å². The Bertz CT molecular complexity index is 1370. The number of benzene rings is 2. The van der Waals surface area contributed by atoms with Crippen LogP contribution >= 0.6 is 23.2 Å². The van der Waals surface area contributed by atoms with Crippen LogP contribution in [0.3, 0.4) is 0 Å². The number of halogens is 5. The van der Waals surface area contributed by atoms with E-state index in [2.05, 4.69) is 0 Å². The summed E-state index contributed by atoms with van der Waals surface area (Å²) >= 11 is 13.1. The predicted octanol–water partition coefficient (Wildman–Crippen LogP) is 6.38. The Kier molecular flexibility index (Phi) is 7.05. The van der Waals surface area contributed by atoms with E-state index in [1.165, 1.54) is 29.2 Å². The summed E-state index contributed by atoms with van der Waals surface area (Å²) in [6.07, 6.45) is -1.44. The van der Waals surface area contributed by atoms with Gasteiger partial charge in [0.25, 0.3) is 11.8 Å². The molecule has 0 bridgehead atoms. The Morgan fingerprint density at radius 1 is 1.19 bits per heavy atom. The molecule has 10 heteroatoms. The number of amides is 1. The zero-order valence-electron chi connectivity index (χ0n) is 19.9. The molecule has 0 radical (unpaired) electrons. The van der Waals surface area contributed by atoms with E-state index in [9.17, 15) is 22.8 Å². The van der Waals surface area contributed by atoms with Crippen LogP contribution in [0.1, 0.15) is 46.1 Å². The second-order valence-electron chi connectivity index (χ2n) is 9.37. The summed E-state index contributed by atoms with van der Waals surface area (Å²) in [4.78, 5) is 25.6. The molecule has 1 aliphatic heterocycles. The Morgan fingerprint density at radius 3 is 2.50 bits per heavy atom. The van der Waals surface area contributed by atoms with Crippen LogP contribution in [0.25, 0.3) is 10.9 Å². The van der Waals surface area contributed by atoms with Gasteiger partial charge >= 0.3 is 5.97 Å². The molecule has 1 aromatic heterocycles. The Balaban J connectivity index is 1.67. The van der Waals surface area contributed by atoms with E-state index in [0.717, 1.165) is 18.0 Å². The SMILES string of the molecule is Cc1cc(C(C)(F)F)cc2c1cc(Cc1c(Cl)ccc(C(=O)N3CCC(C(=O)O)C(F)C3)c1Cl)n2C. The van der Waals surface area contributed by atoms with E-state index >= 15 is 0 Å². The molecule has 2 aromatic carbocycles. The van der Waals surface area contributed by atoms with Gasteiger partial charge in [0.1, 0.15) is 6.17 Å². The fraction of sp³-hybridized carbons (Fsp3) is 0.385. The first-order valence-electron chi connectivity index (χ1n) is 11.4. The van der Waals surface area contributed by atoms with Gasteiger partial charge in [0.05, 0.1) is 23.0 Å². The number of hydrogen-bond acceptors (Lipinski definition) is 2. The number of alkyl halides is 3. The lowest BCUT2D eigenvalue weighted by molar-refractivity contribution is -0.145. The molecule has 192 valence electrons. The third-order valence-electron chi connectivity index (χ3n) is 6.90.